The molecule has 0 aliphatic heterocycles. The van der Waals surface area contributed by atoms with E-state index in [9.17, 15) is 13.2 Å². The minimum absolute atomic E-state index is 0.512. The van der Waals surface area contributed by atoms with Crippen molar-refractivity contribution in [2.45, 2.75) is 26.4 Å². The van der Waals surface area contributed by atoms with E-state index in [1.807, 2.05) is 6.92 Å². The van der Waals surface area contributed by atoms with Gasteiger partial charge in [0.2, 0.25) is 0 Å². The molecule has 0 saturated heterocycles. The average Bonchev–Trinajstić information content (AvgIpc) is 2.14. The second-order valence-electron chi connectivity index (χ2n) is 3.33. The van der Waals surface area contributed by atoms with Crippen LogP contribution in [0.4, 0.5) is 13.2 Å². The first-order valence-electron chi connectivity index (χ1n) is 4.75. The molecule has 0 atom stereocenters. The molecule has 1 rings (SSSR count). The zero-order valence-electron chi connectivity index (χ0n) is 8.69. The van der Waals surface area contributed by atoms with E-state index < -0.39 is 11.7 Å². The first-order chi connectivity index (χ1) is 6.95. The van der Waals surface area contributed by atoms with Gasteiger partial charge in [-0.25, -0.2) is 0 Å². The Morgan fingerprint density at radius 2 is 1.93 bits per heavy atom. The fraction of sp³-hybridized carbons (Fsp3) is 0.455. The van der Waals surface area contributed by atoms with Crippen molar-refractivity contribution in [1.82, 2.24) is 0 Å². The van der Waals surface area contributed by atoms with Crippen molar-refractivity contribution in [3.05, 3.63) is 29.3 Å². The molecule has 1 aromatic carbocycles. The summed E-state index contributed by atoms with van der Waals surface area (Å²) < 4.78 is 42.2. The van der Waals surface area contributed by atoms with Gasteiger partial charge in [-0.2, -0.15) is 13.2 Å². The Labute approximate surface area is 86.9 Å². The summed E-state index contributed by atoms with van der Waals surface area (Å²) in [6.07, 6.45) is -3.45. The van der Waals surface area contributed by atoms with Gasteiger partial charge in [0.15, 0.2) is 0 Å². The van der Waals surface area contributed by atoms with E-state index in [2.05, 4.69) is 0 Å². The Balaban J connectivity index is 2.88. The topological polar surface area (TPSA) is 9.23 Å². The molecule has 0 aromatic heterocycles. The van der Waals surface area contributed by atoms with Crippen molar-refractivity contribution in [1.29, 1.82) is 0 Å². The van der Waals surface area contributed by atoms with Gasteiger partial charge in [-0.1, -0.05) is 6.92 Å². The summed E-state index contributed by atoms with van der Waals surface area (Å²) >= 11 is 0. The number of ether oxygens (including phenoxy) is 1. The standard InChI is InChI=1S/C11H13F3O/c1-3-6-15-10-5-4-9(7-8(10)2)11(12,13)14/h4-5,7H,3,6H2,1-2H3. The molecule has 0 N–H and O–H groups in total. The van der Waals surface area contributed by atoms with Crippen LogP contribution in [0.15, 0.2) is 18.2 Å². The van der Waals surface area contributed by atoms with Crippen molar-refractivity contribution in [3.8, 4) is 5.75 Å². The van der Waals surface area contributed by atoms with Gasteiger partial charge in [0, 0.05) is 0 Å². The highest BCUT2D eigenvalue weighted by molar-refractivity contribution is 5.37. The van der Waals surface area contributed by atoms with E-state index in [0.717, 1.165) is 18.6 Å². The van der Waals surface area contributed by atoms with E-state index in [-0.39, 0.29) is 0 Å². The van der Waals surface area contributed by atoms with Crippen LogP contribution in [0.2, 0.25) is 0 Å². The predicted octanol–water partition coefficient (Wildman–Crippen LogP) is 3.80. The van der Waals surface area contributed by atoms with Gasteiger partial charge < -0.3 is 4.74 Å². The van der Waals surface area contributed by atoms with Crippen molar-refractivity contribution in [3.63, 3.8) is 0 Å². The fourth-order valence-corrected chi connectivity index (χ4v) is 1.20. The summed E-state index contributed by atoms with van der Waals surface area (Å²) in [6, 6.07) is 3.51. The maximum Gasteiger partial charge on any atom is 0.416 e. The zero-order valence-corrected chi connectivity index (χ0v) is 8.69. The summed E-state index contributed by atoms with van der Waals surface area (Å²) in [5.74, 6) is 0.518. The van der Waals surface area contributed by atoms with Crippen LogP contribution in [0, 0.1) is 6.92 Å². The van der Waals surface area contributed by atoms with Crippen molar-refractivity contribution in [2.24, 2.45) is 0 Å². The molecular weight excluding hydrogens is 205 g/mol. The number of aryl methyl sites for hydroxylation is 1. The molecule has 0 spiro atoms. The Hall–Kier alpha value is -1.19. The summed E-state index contributed by atoms with van der Waals surface area (Å²) in [4.78, 5) is 0. The van der Waals surface area contributed by atoms with Gasteiger partial charge >= 0.3 is 6.18 Å². The zero-order chi connectivity index (χ0) is 11.5. The molecule has 0 radical (unpaired) electrons. The molecule has 1 nitrogen and oxygen atoms in total. The van der Waals surface area contributed by atoms with Gasteiger partial charge in [-0.3, -0.25) is 0 Å². The largest absolute Gasteiger partial charge is 0.493 e. The molecule has 0 bridgehead atoms. The number of alkyl halides is 3. The number of hydrogen-bond donors (Lipinski definition) is 0. The van der Waals surface area contributed by atoms with E-state index in [4.69, 9.17) is 4.74 Å². The molecule has 0 fully saturated rings. The van der Waals surface area contributed by atoms with Crippen LogP contribution >= 0.6 is 0 Å². The SMILES string of the molecule is CCCOc1ccc(C(F)(F)F)cc1C. The molecule has 0 amide bonds. The summed E-state index contributed by atoms with van der Waals surface area (Å²) in [5.41, 5.74) is -0.123. The number of benzene rings is 1. The lowest BCUT2D eigenvalue weighted by molar-refractivity contribution is -0.137. The minimum Gasteiger partial charge on any atom is -0.493 e. The quantitative estimate of drug-likeness (QED) is 0.749. The van der Waals surface area contributed by atoms with E-state index in [0.29, 0.717) is 17.9 Å². The highest BCUT2D eigenvalue weighted by Crippen LogP contribution is 2.32. The highest BCUT2D eigenvalue weighted by Gasteiger charge is 2.30. The lowest BCUT2D eigenvalue weighted by Gasteiger charge is -2.11. The Morgan fingerprint density at radius 3 is 2.40 bits per heavy atom. The number of hydrogen-bond acceptors (Lipinski definition) is 1. The second kappa shape index (κ2) is 4.55. The highest BCUT2D eigenvalue weighted by atomic mass is 19.4. The van der Waals surface area contributed by atoms with E-state index in [1.165, 1.54) is 6.07 Å². The Morgan fingerprint density at radius 1 is 1.27 bits per heavy atom. The summed E-state index contributed by atoms with van der Waals surface area (Å²) in [7, 11) is 0. The van der Waals surface area contributed by atoms with Crippen molar-refractivity contribution in [2.75, 3.05) is 6.61 Å². The van der Waals surface area contributed by atoms with Crippen LogP contribution in [0.1, 0.15) is 24.5 Å². The van der Waals surface area contributed by atoms with E-state index in [1.54, 1.807) is 6.92 Å². The molecule has 0 heterocycles. The maximum absolute atomic E-state index is 12.3. The molecule has 0 saturated carbocycles. The first kappa shape index (κ1) is 11.9. The Bertz CT molecular complexity index is 331. The normalized spacial score (nSPS) is 11.5. The van der Waals surface area contributed by atoms with Crippen LogP contribution in [0.3, 0.4) is 0 Å². The van der Waals surface area contributed by atoms with Crippen molar-refractivity contribution < 1.29 is 17.9 Å². The van der Waals surface area contributed by atoms with Crippen LogP contribution in [-0.2, 0) is 6.18 Å². The maximum atomic E-state index is 12.3. The van der Waals surface area contributed by atoms with Crippen LogP contribution in [0.5, 0.6) is 5.75 Å². The van der Waals surface area contributed by atoms with E-state index >= 15 is 0 Å². The minimum atomic E-state index is -4.28. The van der Waals surface area contributed by atoms with Crippen LogP contribution in [0.25, 0.3) is 0 Å². The number of halogens is 3. The third-order valence-corrected chi connectivity index (χ3v) is 1.96. The van der Waals surface area contributed by atoms with Gasteiger partial charge in [-0.15, -0.1) is 0 Å². The third-order valence-electron chi connectivity index (χ3n) is 1.96. The van der Waals surface area contributed by atoms with Gasteiger partial charge in [0.05, 0.1) is 12.2 Å². The Kier molecular flexibility index (Phi) is 3.61. The number of rotatable bonds is 3. The average molecular weight is 218 g/mol. The molecule has 0 aliphatic carbocycles. The summed E-state index contributed by atoms with van der Waals surface area (Å²) in [6.45, 7) is 4.08. The van der Waals surface area contributed by atoms with Gasteiger partial charge in [-0.05, 0) is 37.1 Å². The van der Waals surface area contributed by atoms with Gasteiger partial charge in [0.1, 0.15) is 5.75 Å². The fourth-order valence-electron chi connectivity index (χ4n) is 1.20. The molecule has 1 aromatic rings. The lowest BCUT2D eigenvalue weighted by Crippen LogP contribution is -2.06. The molecule has 0 unspecified atom stereocenters. The molecular formula is C11H13F3O. The van der Waals surface area contributed by atoms with Gasteiger partial charge in [0.25, 0.3) is 0 Å². The van der Waals surface area contributed by atoms with Crippen LogP contribution in [-0.4, -0.2) is 6.61 Å². The predicted molar refractivity (Wildman–Crippen MR) is 52.0 cm³/mol. The molecule has 0 aliphatic rings. The summed E-state index contributed by atoms with van der Waals surface area (Å²) in [5, 5.41) is 0. The molecule has 4 heteroatoms. The van der Waals surface area contributed by atoms with Crippen LogP contribution < -0.4 is 4.74 Å². The smallest absolute Gasteiger partial charge is 0.416 e. The lowest BCUT2D eigenvalue weighted by atomic mass is 10.1. The van der Waals surface area contributed by atoms with Crippen molar-refractivity contribution >= 4 is 0 Å². The second-order valence-corrected chi connectivity index (χ2v) is 3.33. The molecule has 84 valence electrons. The monoisotopic (exact) mass is 218 g/mol. The first-order valence-corrected chi connectivity index (χ1v) is 4.75. The third kappa shape index (κ3) is 3.15. The molecule has 15 heavy (non-hydrogen) atoms.